The van der Waals surface area contributed by atoms with Crippen LogP contribution in [0.5, 0.6) is 0 Å². The number of carbonyl (C=O) groups excluding carboxylic acids is 1. The van der Waals surface area contributed by atoms with E-state index >= 15 is 0 Å². The Balaban J connectivity index is 1.56. The molecule has 0 bridgehead atoms. The van der Waals surface area contributed by atoms with Gasteiger partial charge < -0.3 is 9.73 Å². The number of furan rings is 1. The molecule has 4 rings (SSSR count). The Morgan fingerprint density at radius 3 is 2.73 bits per heavy atom. The smallest absolute Gasteiger partial charge is 0.287 e. The van der Waals surface area contributed by atoms with Crippen molar-refractivity contribution in [3.05, 3.63) is 76.8 Å². The van der Waals surface area contributed by atoms with E-state index in [0.717, 1.165) is 29.7 Å². The van der Waals surface area contributed by atoms with Crippen molar-refractivity contribution >= 4 is 17.5 Å². The molecule has 0 radical (unpaired) electrons. The Kier molecular flexibility index (Phi) is 4.51. The average molecular weight is 367 g/mol. The Morgan fingerprint density at radius 2 is 2.00 bits per heavy atom. The van der Waals surface area contributed by atoms with Gasteiger partial charge in [-0.15, -0.1) is 0 Å². The minimum Gasteiger partial charge on any atom is -0.451 e. The van der Waals surface area contributed by atoms with Gasteiger partial charge in [-0.1, -0.05) is 29.8 Å². The number of aryl methyl sites for hydroxylation is 1. The van der Waals surface area contributed by atoms with Crippen LogP contribution >= 0.6 is 11.6 Å². The Morgan fingerprint density at radius 1 is 1.19 bits per heavy atom. The van der Waals surface area contributed by atoms with Gasteiger partial charge in [0.2, 0.25) is 0 Å². The summed E-state index contributed by atoms with van der Waals surface area (Å²) in [6, 6.07) is 14.7. The van der Waals surface area contributed by atoms with Gasteiger partial charge in [-0.2, -0.15) is 0 Å². The molecule has 0 saturated heterocycles. The van der Waals surface area contributed by atoms with E-state index < -0.39 is 0 Å². The minimum absolute atomic E-state index is 0.0856. The Hall–Kier alpha value is -2.59. The molecule has 2 heterocycles. The molecule has 2 aromatic heterocycles. The number of benzene rings is 1. The summed E-state index contributed by atoms with van der Waals surface area (Å²) in [6.07, 6.45) is 3.97. The number of nitrogens with zero attached hydrogens (tertiary/aromatic N) is 1. The average Bonchev–Trinajstić information content (AvgIpc) is 3.37. The van der Waals surface area contributed by atoms with Crippen LogP contribution in [0.4, 0.5) is 0 Å². The van der Waals surface area contributed by atoms with Crippen LogP contribution in [0.1, 0.15) is 40.7 Å². The van der Waals surface area contributed by atoms with Crippen molar-refractivity contribution in [3.63, 3.8) is 0 Å². The van der Waals surface area contributed by atoms with E-state index in [9.17, 15) is 4.79 Å². The van der Waals surface area contributed by atoms with E-state index in [1.54, 1.807) is 24.4 Å². The molecule has 1 N–H and O–H groups in total. The molecule has 1 fully saturated rings. The van der Waals surface area contributed by atoms with Gasteiger partial charge in [-0.05, 0) is 61.6 Å². The molecular formula is C21H19ClN2O2. The molecule has 1 aromatic carbocycles. The maximum Gasteiger partial charge on any atom is 0.287 e. The van der Waals surface area contributed by atoms with Crippen molar-refractivity contribution in [1.29, 1.82) is 0 Å². The highest BCUT2D eigenvalue weighted by Gasteiger charge is 2.35. The third-order valence-electron chi connectivity index (χ3n) is 4.69. The lowest BCUT2D eigenvalue weighted by atomic mass is 10.0. The van der Waals surface area contributed by atoms with E-state index in [-0.39, 0.29) is 17.7 Å². The zero-order valence-electron chi connectivity index (χ0n) is 14.4. The van der Waals surface area contributed by atoms with Gasteiger partial charge in [0.05, 0.1) is 16.8 Å². The lowest BCUT2D eigenvalue weighted by Crippen LogP contribution is -2.30. The van der Waals surface area contributed by atoms with E-state index in [2.05, 4.69) is 10.3 Å². The minimum atomic E-state index is -0.231. The molecule has 0 aliphatic heterocycles. The molecule has 1 amide bonds. The molecular weight excluding hydrogens is 348 g/mol. The summed E-state index contributed by atoms with van der Waals surface area (Å²) in [5, 5.41) is 3.70. The standard InChI is InChI=1S/C21H19ClN2O2/c1-13-5-4-12-23-19(13)20(14-8-9-14)24-21(25)18-11-10-17(26-18)15-6-2-3-7-16(15)22/h2-7,10-12,14,20H,8-9H2,1H3,(H,24,25). The zero-order valence-corrected chi connectivity index (χ0v) is 15.2. The van der Waals surface area contributed by atoms with E-state index in [4.69, 9.17) is 16.0 Å². The maximum absolute atomic E-state index is 12.7. The number of hydrogen-bond acceptors (Lipinski definition) is 3. The second-order valence-electron chi connectivity index (χ2n) is 6.64. The third kappa shape index (κ3) is 3.37. The molecule has 1 aliphatic carbocycles. The normalized spacial score (nSPS) is 14.8. The van der Waals surface area contributed by atoms with Crippen LogP contribution < -0.4 is 5.32 Å². The quantitative estimate of drug-likeness (QED) is 0.676. The topological polar surface area (TPSA) is 55.1 Å². The van der Waals surface area contributed by atoms with Crippen molar-refractivity contribution in [2.24, 2.45) is 5.92 Å². The summed E-state index contributed by atoms with van der Waals surface area (Å²) in [5.41, 5.74) is 2.79. The molecule has 1 unspecified atom stereocenters. The number of rotatable bonds is 5. The number of nitrogens with one attached hydrogen (secondary N) is 1. The van der Waals surface area contributed by atoms with Gasteiger partial charge in [-0.25, -0.2) is 0 Å². The van der Waals surface area contributed by atoms with Gasteiger partial charge in [-0.3, -0.25) is 9.78 Å². The predicted molar refractivity (Wildman–Crippen MR) is 101 cm³/mol. The number of pyridine rings is 1. The highest BCUT2D eigenvalue weighted by Crippen LogP contribution is 2.41. The first-order valence-electron chi connectivity index (χ1n) is 8.70. The largest absolute Gasteiger partial charge is 0.451 e. The highest BCUT2D eigenvalue weighted by molar-refractivity contribution is 6.33. The van der Waals surface area contributed by atoms with Crippen molar-refractivity contribution < 1.29 is 9.21 Å². The summed E-state index contributed by atoms with van der Waals surface area (Å²) in [7, 11) is 0. The lowest BCUT2D eigenvalue weighted by molar-refractivity contribution is 0.0903. The fourth-order valence-corrected chi connectivity index (χ4v) is 3.37. The molecule has 0 spiro atoms. The van der Waals surface area contributed by atoms with Gasteiger partial charge in [0, 0.05) is 11.8 Å². The predicted octanol–water partition coefficient (Wildman–Crippen LogP) is 5.18. The number of hydrogen-bond donors (Lipinski definition) is 1. The van der Waals surface area contributed by atoms with Crippen molar-refractivity contribution in [2.75, 3.05) is 0 Å². The summed E-state index contributed by atoms with van der Waals surface area (Å²) in [5.74, 6) is 1.06. The van der Waals surface area contributed by atoms with E-state index in [1.807, 2.05) is 37.3 Å². The summed E-state index contributed by atoms with van der Waals surface area (Å²) in [4.78, 5) is 17.2. The van der Waals surface area contributed by atoms with Crippen molar-refractivity contribution in [1.82, 2.24) is 10.3 Å². The van der Waals surface area contributed by atoms with E-state index in [1.165, 1.54) is 0 Å². The highest BCUT2D eigenvalue weighted by atomic mass is 35.5. The van der Waals surface area contributed by atoms with Crippen molar-refractivity contribution in [3.8, 4) is 11.3 Å². The summed E-state index contributed by atoms with van der Waals surface area (Å²) in [6.45, 7) is 2.02. The second-order valence-corrected chi connectivity index (χ2v) is 7.05. The van der Waals surface area contributed by atoms with Crippen molar-refractivity contribution in [2.45, 2.75) is 25.8 Å². The summed E-state index contributed by atoms with van der Waals surface area (Å²) >= 11 is 6.21. The monoisotopic (exact) mass is 366 g/mol. The van der Waals surface area contributed by atoms with Crippen LogP contribution in [0, 0.1) is 12.8 Å². The van der Waals surface area contributed by atoms with Crippen LogP contribution in [-0.2, 0) is 0 Å². The summed E-state index contributed by atoms with van der Waals surface area (Å²) < 4.78 is 5.76. The maximum atomic E-state index is 12.7. The molecule has 132 valence electrons. The van der Waals surface area contributed by atoms with Gasteiger partial charge in [0.15, 0.2) is 5.76 Å². The molecule has 1 atom stereocenters. The van der Waals surface area contributed by atoms with Gasteiger partial charge in [0.25, 0.3) is 5.91 Å². The fraction of sp³-hybridized carbons (Fsp3) is 0.238. The first-order chi connectivity index (χ1) is 12.6. The zero-order chi connectivity index (χ0) is 18.1. The molecule has 5 heteroatoms. The van der Waals surface area contributed by atoms with Gasteiger partial charge in [0.1, 0.15) is 5.76 Å². The third-order valence-corrected chi connectivity index (χ3v) is 5.02. The first-order valence-corrected chi connectivity index (χ1v) is 9.08. The Labute approximate surface area is 157 Å². The Bertz CT molecular complexity index is 946. The van der Waals surface area contributed by atoms with Crippen LogP contribution in [0.2, 0.25) is 5.02 Å². The molecule has 26 heavy (non-hydrogen) atoms. The number of carbonyl (C=O) groups is 1. The van der Waals surface area contributed by atoms with Crippen LogP contribution in [0.25, 0.3) is 11.3 Å². The number of halogens is 1. The van der Waals surface area contributed by atoms with Crippen LogP contribution in [0.15, 0.2) is 59.1 Å². The lowest BCUT2D eigenvalue weighted by Gasteiger charge is -2.18. The van der Waals surface area contributed by atoms with E-state index in [0.29, 0.717) is 16.7 Å². The molecule has 4 nitrogen and oxygen atoms in total. The van der Waals surface area contributed by atoms with Crippen LogP contribution in [-0.4, -0.2) is 10.9 Å². The molecule has 1 aliphatic rings. The number of aromatic nitrogens is 1. The number of amides is 1. The van der Waals surface area contributed by atoms with Gasteiger partial charge >= 0.3 is 0 Å². The SMILES string of the molecule is Cc1cccnc1C(NC(=O)c1ccc(-c2ccccc2Cl)o1)C1CC1. The second kappa shape index (κ2) is 6.96. The van der Waals surface area contributed by atoms with Crippen LogP contribution in [0.3, 0.4) is 0 Å². The molecule has 1 saturated carbocycles. The molecule has 3 aromatic rings. The fourth-order valence-electron chi connectivity index (χ4n) is 3.14. The first kappa shape index (κ1) is 16.9.